The molecule has 7 heteroatoms. The lowest BCUT2D eigenvalue weighted by Gasteiger charge is -2.27. The van der Waals surface area contributed by atoms with Crippen LogP contribution in [0.4, 0.5) is 0 Å². The molecule has 0 spiro atoms. The zero-order chi connectivity index (χ0) is 16.5. The van der Waals surface area contributed by atoms with E-state index in [9.17, 15) is 19.8 Å². The molecule has 1 aromatic carbocycles. The number of rotatable bonds is 9. The van der Waals surface area contributed by atoms with Crippen LogP contribution in [0.2, 0.25) is 0 Å². The molecule has 0 saturated heterocycles. The molecule has 0 saturated carbocycles. The van der Waals surface area contributed by atoms with E-state index in [2.05, 4.69) is 0 Å². The van der Waals surface area contributed by atoms with Gasteiger partial charge in [0.05, 0.1) is 5.56 Å². The van der Waals surface area contributed by atoms with Gasteiger partial charge in [0.15, 0.2) is 12.6 Å². The first-order valence-corrected chi connectivity index (χ1v) is 6.71. The Hall–Kier alpha value is -1.80. The molecule has 1 aromatic rings. The van der Waals surface area contributed by atoms with E-state index in [0.29, 0.717) is 5.56 Å². The molecule has 0 aliphatic carbocycles. The van der Waals surface area contributed by atoms with Gasteiger partial charge in [0.1, 0.15) is 24.9 Å². The number of hydrogen-bond acceptors (Lipinski definition) is 7. The summed E-state index contributed by atoms with van der Waals surface area (Å²) in [6.07, 6.45) is -4.74. The number of hydrogen-bond donors (Lipinski definition) is 2. The predicted molar refractivity (Wildman–Crippen MR) is 76.1 cm³/mol. The molecule has 0 heterocycles. The topological polar surface area (TPSA) is 102 Å². The molecule has 0 radical (unpaired) electrons. The summed E-state index contributed by atoms with van der Waals surface area (Å²) in [5, 5.41) is 19.5. The van der Waals surface area contributed by atoms with Gasteiger partial charge < -0.3 is 29.2 Å². The third-order valence-electron chi connectivity index (χ3n) is 2.93. The molecule has 122 valence electrons. The van der Waals surface area contributed by atoms with E-state index in [4.69, 9.17) is 14.2 Å². The Labute approximate surface area is 128 Å². The van der Waals surface area contributed by atoms with Crippen LogP contribution in [0.1, 0.15) is 17.3 Å². The zero-order valence-electron chi connectivity index (χ0n) is 12.4. The number of aldehydes is 1. The first kappa shape index (κ1) is 18.2. The Morgan fingerprint density at radius 2 is 1.91 bits per heavy atom. The Balaban J connectivity index is 2.60. The molecule has 0 bridgehead atoms. The average molecular weight is 312 g/mol. The van der Waals surface area contributed by atoms with Crippen LogP contribution >= 0.6 is 0 Å². The lowest BCUT2D eigenvalue weighted by Crippen LogP contribution is -2.45. The maximum Gasteiger partial charge on any atom is 0.338 e. The maximum absolute atomic E-state index is 11.8. The largest absolute Gasteiger partial charge is 0.459 e. The second-order valence-corrected chi connectivity index (χ2v) is 4.56. The summed E-state index contributed by atoms with van der Waals surface area (Å²) < 4.78 is 15.0. The van der Waals surface area contributed by atoms with Gasteiger partial charge in [-0.1, -0.05) is 18.2 Å². The Morgan fingerprint density at radius 1 is 1.27 bits per heavy atom. The van der Waals surface area contributed by atoms with Crippen molar-refractivity contribution in [1.29, 1.82) is 0 Å². The van der Waals surface area contributed by atoms with Crippen molar-refractivity contribution in [2.24, 2.45) is 0 Å². The lowest BCUT2D eigenvalue weighted by molar-refractivity contribution is -0.199. The SMILES string of the molecule is COC(C)OC(C(O)C=O)C(O)COC(=O)c1ccccc1. The highest BCUT2D eigenvalue weighted by atomic mass is 16.7. The van der Waals surface area contributed by atoms with E-state index < -0.39 is 37.2 Å². The molecular weight excluding hydrogens is 292 g/mol. The summed E-state index contributed by atoms with van der Waals surface area (Å²) in [4.78, 5) is 22.4. The van der Waals surface area contributed by atoms with Crippen LogP contribution in [0.3, 0.4) is 0 Å². The highest BCUT2D eigenvalue weighted by Gasteiger charge is 2.30. The van der Waals surface area contributed by atoms with Crippen molar-refractivity contribution in [2.45, 2.75) is 31.5 Å². The minimum atomic E-state index is -1.57. The van der Waals surface area contributed by atoms with E-state index in [1.54, 1.807) is 30.3 Å². The molecule has 0 aliphatic heterocycles. The summed E-state index contributed by atoms with van der Waals surface area (Å²) in [7, 11) is 1.37. The molecule has 0 fully saturated rings. The second kappa shape index (κ2) is 9.26. The van der Waals surface area contributed by atoms with Crippen LogP contribution in [0, 0.1) is 0 Å². The third kappa shape index (κ3) is 5.53. The van der Waals surface area contributed by atoms with Gasteiger partial charge in [-0.2, -0.15) is 0 Å². The monoisotopic (exact) mass is 312 g/mol. The molecular formula is C15H20O7. The number of methoxy groups -OCH3 is 1. The van der Waals surface area contributed by atoms with Crippen LogP contribution in [0.5, 0.6) is 0 Å². The Bertz CT molecular complexity index is 462. The fourth-order valence-corrected chi connectivity index (χ4v) is 1.67. The van der Waals surface area contributed by atoms with Gasteiger partial charge >= 0.3 is 5.97 Å². The van der Waals surface area contributed by atoms with E-state index in [1.165, 1.54) is 14.0 Å². The van der Waals surface area contributed by atoms with Gasteiger partial charge in [-0.15, -0.1) is 0 Å². The summed E-state index contributed by atoms with van der Waals surface area (Å²) in [6, 6.07) is 8.23. The number of carbonyl (C=O) groups excluding carboxylic acids is 2. The number of benzene rings is 1. The highest BCUT2D eigenvalue weighted by Crippen LogP contribution is 2.10. The number of aliphatic hydroxyl groups excluding tert-OH is 2. The quantitative estimate of drug-likeness (QED) is 0.380. The molecule has 4 unspecified atom stereocenters. The summed E-state index contributed by atoms with van der Waals surface area (Å²) >= 11 is 0. The van der Waals surface area contributed by atoms with Crippen molar-refractivity contribution < 1.29 is 34.0 Å². The van der Waals surface area contributed by atoms with Gasteiger partial charge in [-0.3, -0.25) is 0 Å². The third-order valence-corrected chi connectivity index (χ3v) is 2.93. The molecule has 0 aliphatic rings. The standard InChI is InChI=1S/C15H20O7/c1-10(20-2)22-14(12(17)8-16)13(18)9-21-15(19)11-6-4-3-5-7-11/h3-8,10,12-14,17-18H,9H2,1-2H3. The lowest BCUT2D eigenvalue weighted by atomic mass is 10.1. The zero-order valence-corrected chi connectivity index (χ0v) is 12.4. The smallest absolute Gasteiger partial charge is 0.338 e. The molecule has 22 heavy (non-hydrogen) atoms. The van der Waals surface area contributed by atoms with Gasteiger partial charge in [-0.25, -0.2) is 4.79 Å². The van der Waals surface area contributed by atoms with Crippen LogP contribution < -0.4 is 0 Å². The van der Waals surface area contributed by atoms with Gasteiger partial charge in [0, 0.05) is 7.11 Å². The van der Waals surface area contributed by atoms with Crippen molar-refractivity contribution in [3.63, 3.8) is 0 Å². The van der Waals surface area contributed by atoms with Crippen molar-refractivity contribution in [3.8, 4) is 0 Å². The van der Waals surface area contributed by atoms with Crippen LogP contribution in [0.25, 0.3) is 0 Å². The second-order valence-electron chi connectivity index (χ2n) is 4.56. The van der Waals surface area contributed by atoms with Crippen molar-refractivity contribution in [1.82, 2.24) is 0 Å². The van der Waals surface area contributed by atoms with Gasteiger partial charge in [-0.05, 0) is 19.1 Å². The number of aliphatic hydroxyl groups is 2. The maximum atomic E-state index is 11.8. The number of esters is 1. The fourth-order valence-electron chi connectivity index (χ4n) is 1.67. The molecule has 2 N–H and O–H groups in total. The van der Waals surface area contributed by atoms with Gasteiger partial charge in [0.25, 0.3) is 0 Å². The van der Waals surface area contributed by atoms with E-state index in [1.807, 2.05) is 0 Å². The minimum absolute atomic E-state index is 0.231. The summed E-state index contributed by atoms with van der Waals surface area (Å²) in [6.45, 7) is 1.10. The molecule has 7 nitrogen and oxygen atoms in total. The number of carbonyl (C=O) groups is 2. The first-order chi connectivity index (χ1) is 10.5. The number of ether oxygens (including phenoxy) is 3. The normalized spacial score (nSPS) is 16.4. The summed E-state index contributed by atoms with van der Waals surface area (Å²) in [5.41, 5.74) is 0.327. The highest BCUT2D eigenvalue weighted by molar-refractivity contribution is 5.89. The fraction of sp³-hybridized carbons (Fsp3) is 0.467. The van der Waals surface area contributed by atoms with Crippen LogP contribution in [-0.2, 0) is 19.0 Å². The van der Waals surface area contributed by atoms with E-state index in [0.717, 1.165) is 0 Å². The van der Waals surface area contributed by atoms with Crippen molar-refractivity contribution in [2.75, 3.05) is 13.7 Å². The summed E-state index contributed by atoms with van der Waals surface area (Å²) in [5.74, 6) is -0.626. The van der Waals surface area contributed by atoms with Crippen molar-refractivity contribution >= 4 is 12.3 Å². The van der Waals surface area contributed by atoms with Crippen molar-refractivity contribution in [3.05, 3.63) is 35.9 Å². The molecule has 4 atom stereocenters. The Kier molecular flexibility index (Phi) is 7.69. The molecule has 0 amide bonds. The van der Waals surface area contributed by atoms with Crippen LogP contribution in [-0.4, -0.2) is 60.8 Å². The molecule has 1 rings (SSSR count). The molecule has 0 aromatic heterocycles. The Morgan fingerprint density at radius 3 is 2.45 bits per heavy atom. The van der Waals surface area contributed by atoms with Crippen LogP contribution in [0.15, 0.2) is 30.3 Å². The predicted octanol–water partition coefficient (Wildman–Crippen LogP) is 0.142. The average Bonchev–Trinajstić information content (AvgIpc) is 2.56. The van der Waals surface area contributed by atoms with E-state index in [-0.39, 0.29) is 6.29 Å². The van der Waals surface area contributed by atoms with E-state index >= 15 is 0 Å². The minimum Gasteiger partial charge on any atom is -0.459 e. The van der Waals surface area contributed by atoms with Gasteiger partial charge in [0.2, 0.25) is 0 Å². The first-order valence-electron chi connectivity index (χ1n) is 6.71.